The number of morpholine rings is 1. The maximum absolute atomic E-state index is 6.09. The Morgan fingerprint density at radius 2 is 2.04 bits per heavy atom. The molecule has 0 aliphatic carbocycles. The molecule has 0 saturated carbocycles. The number of nitrogens with zero attached hydrogens (tertiary/aromatic N) is 3. The van der Waals surface area contributed by atoms with Gasteiger partial charge < -0.3 is 20.7 Å². The largest absolute Gasteiger partial charge is 0.379 e. The minimum Gasteiger partial charge on any atom is -0.379 e. The van der Waals surface area contributed by atoms with E-state index in [4.69, 9.17) is 27.9 Å². The number of halogens is 3. The molecule has 0 bridgehead atoms. The topological polar surface area (TPSA) is 73.8 Å². The molecule has 2 heterocycles. The first kappa shape index (κ1) is 24.5. The molecule has 0 aromatic carbocycles. The van der Waals surface area contributed by atoms with Crippen LogP contribution in [0, 0.1) is 0 Å². The van der Waals surface area contributed by atoms with Crippen LogP contribution >= 0.6 is 47.2 Å². The maximum atomic E-state index is 6.09. The van der Waals surface area contributed by atoms with Crippen molar-refractivity contribution in [1.82, 2.24) is 20.5 Å². The molecule has 0 spiro atoms. The Balaban J connectivity index is 0.00000364. The van der Waals surface area contributed by atoms with Gasteiger partial charge in [0.2, 0.25) is 0 Å². The molecule has 0 atom stereocenters. The summed E-state index contributed by atoms with van der Waals surface area (Å²) in [5, 5.41) is 10.8. The molecule has 1 aromatic rings. The van der Waals surface area contributed by atoms with Gasteiger partial charge >= 0.3 is 0 Å². The number of aromatic nitrogens is 1. The van der Waals surface area contributed by atoms with Crippen molar-refractivity contribution in [2.75, 3.05) is 64.3 Å². The Kier molecular flexibility index (Phi) is 13.1. The average Bonchev–Trinajstić information content (AvgIpc) is 2.64. The van der Waals surface area contributed by atoms with Gasteiger partial charge in [0.05, 0.1) is 23.3 Å². The van der Waals surface area contributed by atoms with Gasteiger partial charge in [-0.3, -0.25) is 9.89 Å². The lowest BCUT2D eigenvalue weighted by Crippen LogP contribution is -2.40. The van der Waals surface area contributed by atoms with Gasteiger partial charge in [-0.05, 0) is 19.4 Å². The Hall–Kier alpha value is -0.550. The third-order valence-corrected chi connectivity index (χ3v) is 4.36. The molecule has 1 fully saturated rings. The number of pyridine rings is 1. The van der Waals surface area contributed by atoms with Crippen molar-refractivity contribution in [2.24, 2.45) is 4.99 Å². The summed E-state index contributed by atoms with van der Waals surface area (Å²) in [5.41, 5.74) is 0. The average molecular weight is 531 g/mol. The SMILES string of the molecule is CCNC(=NCCCN1CCOCC1)NCCNc1ncc(Cl)cc1Cl.I. The molecule has 1 aliphatic rings. The number of guanidine groups is 1. The number of aliphatic imine (C=N–C) groups is 1. The van der Waals surface area contributed by atoms with E-state index in [9.17, 15) is 0 Å². The van der Waals surface area contributed by atoms with Crippen LogP contribution in [-0.4, -0.2) is 74.9 Å². The van der Waals surface area contributed by atoms with Crippen LogP contribution in [0.5, 0.6) is 0 Å². The van der Waals surface area contributed by atoms with Crippen LogP contribution in [0.2, 0.25) is 10.0 Å². The van der Waals surface area contributed by atoms with E-state index in [1.807, 2.05) is 0 Å². The highest BCUT2D eigenvalue weighted by Gasteiger charge is 2.09. The number of nitrogens with one attached hydrogen (secondary N) is 3. The van der Waals surface area contributed by atoms with E-state index in [2.05, 4.69) is 37.8 Å². The second kappa shape index (κ2) is 14.4. The summed E-state index contributed by atoms with van der Waals surface area (Å²) in [4.78, 5) is 11.2. The first-order valence-electron chi connectivity index (χ1n) is 9.06. The fourth-order valence-corrected chi connectivity index (χ4v) is 3.01. The van der Waals surface area contributed by atoms with Gasteiger partial charge in [-0.15, -0.1) is 24.0 Å². The number of anilines is 1. The highest BCUT2D eigenvalue weighted by Crippen LogP contribution is 2.21. The summed E-state index contributed by atoms with van der Waals surface area (Å²) in [5.74, 6) is 1.46. The van der Waals surface area contributed by atoms with E-state index in [1.165, 1.54) is 0 Å². The summed E-state index contributed by atoms with van der Waals surface area (Å²) in [6.07, 6.45) is 2.61. The Morgan fingerprint density at radius 1 is 1.26 bits per heavy atom. The fraction of sp³-hybridized carbons (Fsp3) is 0.647. The van der Waals surface area contributed by atoms with Gasteiger partial charge in [0.25, 0.3) is 0 Å². The maximum Gasteiger partial charge on any atom is 0.191 e. The molecule has 1 saturated heterocycles. The first-order chi connectivity index (χ1) is 12.7. The molecule has 7 nitrogen and oxygen atoms in total. The molecule has 1 aromatic heterocycles. The predicted molar refractivity (Wildman–Crippen MR) is 124 cm³/mol. The van der Waals surface area contributed by atoms with Gasteiger partial charge in [0, 0.05) is 52.0 Å². The predicted octanol–water partition coefficient (Wildman–Crippen LogP) is 2.70. The monoisotopic (exact) mass is 530 g/mol. The number of ether oxygens (including phenoxy) is 1. The molecule has 2 rings (SSSR count). The number of rotatable bonds is 9. The van der Waals surface area contributed by atoms with Crippen LogP contribution < -0.4 is 16.0 Å². The summed E-state index contributed by atoms with van der Waals surface area (Å²) >= 11 is 11.9. The standard InChI is InChI=1S/C17H28Cl2N6O.HI/c1-2-20-17(22-4-3-7-25-8-10-26-11-9-25)23-6-5-21-16-15(19)12-14(18)13-24-16;/h12-13H,2-11H2,1H3,(H,21,24)(H2,20,22,23);1H. The van der Waals surface area contributed by atoms with Crippen molar-refractivity contribution in [3.63, 3.8) is 0 Å². The zero-order chi connectivity index (χ0) is 18.6. The Labute approximate surface area is 188 Å². The van der Waals surface area contributed by atoms with Gasteiger partial charge in [-0.25, -0.2) is 4.98 Å². The van der Waals surface area contributed by atoms with Crippen molar-refractivity contribution in [1.29, 1.82) is 0 Å². The van der Waals surface area contributed by atoms with Gasteiger partial charge in [0.1, 0.15) is 5.82 Å². The van der Waals surface area contributed by atoms with Crippen LogP contribution in [0.1, 0.15) is 13.3 Å². The smallest absolute Gasteiger partial charge is 0.191 e. The second-order valence-electron chi connectivity index (χ2n) is 5.91. The van der Waals surface area contributed by atoms with E-state index >= 15 is 0 Å². The van der Waals surface area contributed by atoms with E-state index in [0.29, 0.717) is 29.0 Å². The van der Waals surface area contributed by atoms with Crippen LogP contribution in [0.15, 0.2) is 17.3 Å². The molecular weight excluding hydrogens is 502 g/mol. The summed E-state index contributed by atoms with van der Waals surface area (Å²) in [6.45, 7) is 9.85. The molecule has 10 heteroatoms. The molecule has 27 heavy (non-hydrogen) atoms. The van der Waals surface area contributed by atoms with E-state index in [1.54, 1.807) is 12.3 Å². The number of hydrogen-bond donors (Lipinski definition) is 3. The van der Waals surface area contributed by atoms with Crippen LogP contribution in [0.25, 0.3) is 0 Å². The van der Waals surface area contributed by atoms with Crippen LogP contribution in [-0.2, 0) is 4.74 Å². The number of hydrogen-bond acceptors (Lipinski definition) is 5. The normalized spacial score (nSPS) is 15.1. The van der Waals surface area contributed by atoms with Crippen molar-refractivity contribution < 1.29 is 4.74 Å². The lowest BCUT2D eigenvalue weighted by Gasteiger charge is -2.26. The second-order valence-corrected chi connectivity index (χ2v) is 6.75. The summed E-state index contributed by atoms with van der Waals surface area (Å²) in [7, 11) is 0. The van der Waals surface area contributed by atoms with Crippen molar-refractivity contribution in [3.8, 4) is 0 Å². The lowest BCUT2D eigenvalue weighted by atomic mass is 10.3. The lowest BCUT2D eigenvalue weighted by molar-refractivity contribution is 0.0377. The highest BCUT2D eigenvalue weighted by molar-refractivity contribution is 14.0. The minimum atomic E-state index is 0. The molecule has 3 N–H and O–H groups in total. The molecule has 0 radical (unpaired) electrons. The Bertz CT molecular complexity index is 572. The van der Waals surface area contributed by atoms with E-state index in [-0.39, 0.29) is 24.0 Å². The van der Waals surface area contributed by atoms with E-state index in [0.717, 1.165) is 58.3 Å². The molecule has 0 unspecified atom stereocenters. The summed E-state index contributed by atoms with van der Waals surface area (Å²) < 4.78 is 5.36. The van der Waals surface area contributed by atoms with Crippen LogP contribution in [0.3, 0.4) is 0 Å². The quantitative estimate of drug-likeness (QED) is 0.197. The summed E-state index contributed by atoms with van der Waals surface area (Å²) in [6, 6.07) is 1.67. The van der Waals surface area contributed by atoms with Gasteiger partial charge in [0.15, 0.2) is 5.96 Å². The molecule has 1 aliphatic heterocycles. The van der Waals surface area contributed by atoms with Gasteiger partial charge in [-0.1, -0.05) is 23.2 Å². The van der Waals surface area contributed by atoms with Crippen LogP contribution in [0.4, 0.5) is 5.82 Å². The van der Waals surface area contributed by atoms with Crippen molar-refractivity contribution in [2.45, 2.75) is 13.3 Å². The van der Waals surface area contributed by atoms with E-state index < -0.39 is 0 Å². The third kappa shape index (κ3) is 9.98. The zero-order valence-electron chi connectivity index (χ0n) is 15.6. The third-order valence-electron chi connectivity index (χ3n) is 3.87. The minimum absolute atomic E-state index is 0. The fourth-order valence-electron chi connectivity index (χ4n) is 2.56. The van der Waals surface area contributed by atoms with Crippen molar-refractivity contribution >= 4 is 59.0 Å². The molecule has 0 amide bonds. The van der Waals surface area contributed by atoms with Gasteiger partial charge in [-0.2, -0.15) is 0 Å². The molecule has 154 valence electrons. The Morgan fingerprint density at radius 3 is 2.74 bits per heavy atom. The first-order valence-corrected chi connectivity index (χ1v) is 9.82. The molecular formula is C17H29Cl2IN6O. The zero-order valence-corrected chi connectivity index (χ0v) is 19.5. The highest BCUT2D eigenvalue weighted by atomic mass is 127. The van der Waals surface area contributed by atoms with Crippen molar-refractivity contribution in [3.05, 3.63) is 22.3 Å².